The smallest absolute Gasteiger partial charge is 0.367 e. The molecule has 3 rings (SSSR count). The summed E-state index contributed by atoms with van der Waals surface area (Å²) in [5, 5.41) is 11.7. The molecule has 6 nitrogen and oxygen atoms in total. The average molecular weight is 457 g/mol. The minimum Gasteiger partial charge on any atom is -0.367 e. The number of nitrogens with zero attached hydrogens (tertiary/aromatic N) is 2. The van der Waals surface area contributed by atoms with E-state index in [9.17, 15) is 18.0 Å². The van der Waals surface area contributed by atoms with Crippen LogP contribution in [0.2, 0.25) is 0 Å². The van der Waals surface area contributed by atoms with Gasteiger partial charge in [-0.1, -0.05) is 30.3 Å². The Kier molecular flexibility index (Phi) is 7.06. The Labute approximate surface area is 179 Å². The second-order valence-electron chi connectivity index (χ2n) is 6.52. The number of halogens is 3. The highest BCUT2D eigenvalue weighted by molar-refractivity contribution is 7.71. The van der Waals surface area contributed by atoms with Gasteiger partial charge in [-0.2, -0.15) is 18.3 Å². The van der Waals surface area contributed by atoms with E-state index in [-0.39, 0.29) is 19.1 Å². The van der Waals surface area contributed by atoms with Gasteiger partial charge in [-0.05, 0) is 41.7 Å². The maximum atomic E-state index is 12.6. The quantitative estimate of drug-likeness (QED) is 0.485. The van der Waals surface area contributed by atoms with Crippen LogP contribution in [0.15, 0.2) is 41.8 Å². The van der Waals surface area contributed by atoms with E-state index < -0.39 is 18.8 Å². The fourth-order valence-corrected chi connectivity index (χ4v) is 3.74. The lowest BCUT2D eigenvalue weighted by atomic mass is 10.1. The molecule has 1 amide bonds. The van der Waals surface area contributed by atoms with Crippen LogP contribution in [0.5, 0.6) is 0 Å². The molecule has 1 atom stereocenters. The van der Waals surface area contributed by atoms with E-state index >= 15 is 0 Å². The molecule has 2 N–H and O–H groups in total. The molecule has 0 fully saturated rings. The van der Waals surface area contributed by atoms with Crippen molar-refractivity contribution in [3.63, 3.8) is 0 Å². The third-order valence-corrected chi connectivity index (χ3v) is 5.39. The third kappa shape index (κ3) is 5.77. The number of carbonyl (C=O) groups excluding carboxylic acids is 1. The molecule has 11 heteroatoms. The second-order valence-corrected chi connectivity index (χ2v) is 7.85. The molecule has 0 aliphatic heterocycles. The maximum Gasteiger partial charge on any atom is 0.411 e. The van der Waals surface area contributed by atoms with Gasteiger partial charge < -0.3 is 10.1 Å². The van der Waals surface area contributed by atoms with Crippen molar-refractivity contribution >= 4 is 29.5 Å². The molecule has 0 spiro atoms. The van der Waals surface area contributed by atoms with Crippen molar-refractivity contribution in [3.8, 4) is 10.7 Å². The third-order valence-electron chi connectivity index (χ3n) is 4.24. The normalized spacial score (nSPS) is 12.7. The summed E-state index contributed by atoms with van der Waals surface area (Å²) in [7, 11) is 0. The first kappa shape index (κ1) is 22.2. The zero-order valence-electron chi connectivity index (χ0n) is 15.9. The SMILES string of the molecule is CC(C(=O)NCc1ccc(COCC(F)(F)F)cc1)n1c(-c2cccs2)n[nH]c1=S. The second kappa shape index (κ2) is 9.54. The summed E-state index contributed by atoms with van der Waals surface area (Å²) in [6.45, 7) is 0.589. The van der Waals surface area contributed by atoms with E-state index in [1.54, 1.807) is 35.8 Å². The van der Waals surface area contributed by atoms with Gasteiger partial charge in [-0.15, -0.1) is 11.3 Å². The summed E-state index contributed by atoms with van der Waals surface area (Å²) in [5.41, 5.74) is 1.43. The van der Waals surface area contributed by atoms with Crippen molar-refractivity contribution < 1.29 is 22.7 Å². The first-order valence-corrected chi connectivity index (χ1v) is 10.2. The molecule has 0 radical (unpaired) electrons. The molecule has 0 bridgehead atoms. The summed E-state index contributed by atoms with van der Waals surface area (Å²) in [6.07, 6.45) is -4.35. The van der Waals surface area contributed by atoms with E-state index in [2.05, 4.69) is 20.3 Å². The minimum atomic E-state index is -4.35. The van der Waals surface area contributed by atoms with Gasteiger partial charge >= 0.3 is 6.18 Å². The largest absolute Gasteiger partial charge is 0.411 e. The van der Waals surface area contributed by atoms with Crippen molar-refractivity contribution in [2.75, 3.05) is 6.61 Å². The number of hydrogen-bond donors (Lipinski definition) is 2. The van der Waals surface area contributed by atoms with Crippen LogP contribution in [-0.4, -0.2) is 33.5 Å². The van der Waals surface area contributed by atoms with E-state index in [1.807, 2.05) is 17.5 Å². The molecule has 1 aromatic carbocycles. The molecule has 1 unspecified atom stereocenters. The lowest BCUT2D eigenvalue weighted by Crippen LogP contribution is -2.31. The van der Waals surface area contributed by atoms with Crippen LogP contribution in [0.3, 0.4) is 0 Å². The van der Waals surface area contributed by atoms with Crippen LogP contribution in [0.4, 0.5) is 13.2 Å². The summed E-state index contributed by atoms with van der Waals surface area (Å²) >= 11 is 6.78. The topological polar surface area (TPSA) is 71.9 Å². The first-order chi connectivity index (χ1) is 14.2. The number of aromatic nitrogens is 3. The van der Waals surface area contributed by atoms with Gasteiger partial charge in [0.2, 0.25) is 5.91 Å². The Morgan fingerprint density at radius 3 is 2.63 bits per heavy atom. The highest BCUT2D eigenvalue weighted by Crippen LogP contribution is 2.25. The van der Waals surface area contributed by atoms with Crippen LogP contribution >= 0.6 is 23.6 Å². The molecule has 30 heavy (non-hydrogen) atoms. The highest BCUT2D eigenvalue weighted by Gasteiger charge is 2.27. The average Bonchev–Trinajstić information content (AvgIpc) is 3.35. The number of thiophene rings is 1. The van der Waals surface area contributed by atoms with Gasteiger partial charge in [-0.25, -0.2) is 0 Å². The summed E-state index contributed by atoms with van der Waals surface area (Å²) in [5.74, 6) is 0.365. The van der Waals surface area contributed by atoms with E-state index in [4.69, 9.17) is 12.2 Å². The van der Waals surface area contributed by atoms with Gasteiger partial charge in [0.15, 0.2) is 10.6 Å². The molecular formula is C19H19F3N4O2S2. The zero-order chi connectivity index (χ0) is 21.7. The monoisotopic (exact) mass is 456 g/mol. The number of alkyl halides is 3. The Morgan fingerprint density at radius 2 is 2.00 bits per heavy atom. The lowest BCUT2D eigenvalue weighted by molar-refractivity contribution is -0.176. The number of carbonyl (C=O) groups is 1. The molecule has 0 saturated carbocycles. The van der Waals surface area contributed by atoms with Crippen LogP contribution < -0.4 is 5.32 Å². The Bertz CT molecular complexity index is 1030. The van der Waals surface area contributed by atoms with Gasteiger partial charge in [0.1, 0.15) is 12.6 Å². The first-order valence-electron chi connectivity index (χ1n) is 8.95. The number of aromatic amines is 1. The number of H-pyrrole nitrogens is 1. The zero-order valence-corrected chi connectivity index (χ0v) is 17.5. The molecule has 0 aliphatic rings. The lowest BCUT2D eigenvalue weighted by Gasteiger charge is -2.15. The molecular weight excluding hydrogens is 437 g/mol. The summed E-state index contributed by atoms with van der Waals surface area (Å²) in [4.78, 5) is 13.5. The fraction of sp³-hybridized carbons (Fsp3) is 0.316. The number of nitrogens with one attached hydrogen (secondary N) is 2. The molecule has 0 aliphatic carbocycles. The molecule has 3 aromatic rings. The molecule has 2 heterocycles. The van der Waals surface area contributed by atoms with Crippen molar-refractivity contribution in [2.24, 2.45) is 0 Å². The Balaban J connectivity index is 1.57. The van der Waals surface area contributed by atoms with Crippen molar-refractivity contribution in [2.45, 2.75) is 32.3 Å². The predicted octanol–water partition coefficient (Wildman–Crippen LogP) is 4.63. The highest BCUT2D eigenvalue weighted by atomic mass is 32.1. The minimum absolute atomic E-state index is 0.132. The summed E-state index contributed by atoms with van der Waals surface area (Å²) < 4.78 is 43.0. The van der Waals surface area contributed by atoms with E-state index in [0.717, 1.165) is 10.4 Å². The van der Waals surface area contributed by atoms with Crippen molar-refractivity contribution in [1.29, 1.82) is 0 Å². The van der Waals surface area contributed by atoms with Crippen LogP contribution in [0, 0.1) is 4.77 Å². The van der Waals surface area contributed by atoms with E-state index in [0.29, 0.717) is 16.2 Å². The summed E-state index contributed by atoms with van der Waals surface area (Å²) in [6, 6.07) is 10.0. The van der Waals surface area contributed by atoms with Crippen LogP contribution in [-0.2, 0) is 22.7 Å². The molecule has 160 valence electrons. The van der Waals surface area contributed by atoms with Crippen LogP contribution in [0.1, 0.15) is 24.1 Å². The van der Waals surface area contributed by atoms with Gasteiger partial charge in [0.05, 0.1) is 11.5 Å². The molecule has 0 saturated heterocycles. The Morgan fingerprint density at radius 1 is 1.30 bits per heavy atom. The predicted molar refractivity (Wildman–Crippen MR) is 109 cm³/mol. The van der Waals surface area contributed by atoms with Crippen LogP contribution in [0.25, 0.3) is 10.7 Å². The van der Waals surface area contributed by atoms with E-state index in [1.165, 1.54) is 11.3 Å². The number of benzene rings is 1. The number of hydrogen-bond acceptors (Lipinski definition) is 5. The fourth-order valence-electron chi connectivity index (χ4n) is 2.74. The van der Waals surface area contributed by atoms with Crippen molar-refractivity contribution in [3.05, 3.63) is 57.7 Å². The number of ether oxygens (including phenoxy) is 1. The van der Waals surface area contributed by atoms with Gasteiger partial charge in [0.25, 0.3) is 0 Å². The number of rotatable bonds is 8. The maximum absolute atomic E-state index is 12.6. The Hall–Kier alpha value is -2.50. The van der Waals surface area contributed by atoms with Gasteiger partial charge in [-0.3, -0.25) is 14.5 Å². The number of amides is 1. The van der Waals surface area contributed by atoms with Crippen molar-refractivity contribution in [1.82, 2.24) is 20.1 Å². The molecule has 2 aromatic heterocycles. The van der Waals surface area contributed by atoms with Gasteiger partial charge in [0, 0.05) is 6.54 Å². The standard InChI is InChI=1S/C19H19F3N4O2S2/c1-12(26-16(24-25-18(26)29)15-3-2-8-30-15)17(27)23-9-13-4-6-14(7-5-13)10-28-11-19(20,21)22/h2-8,12H,9-11H2,1H3,(H,23,27)(H,25,29).